The Bertz CT molecular complexity index is 738. The average molecular weight is 340 g/mol. The first kappa shape index (κ1) is 17.4. The van der Waals surface area contributed by atoms with E-state index in [2.05, 4.69) is 29.1 Å². The Balaban J connectivity index is 1.76. The van der Waals surface area contributed by atoms with Gasteiger partial charge in [-0.2, -0.15) is 0 Å². The fourth-order valence-corrected chi connectivity index (χ4v) is 2.72. The van der Waals surface area contributed by atoms with E-state index in [0.717, 1.165) is 24.5 Å². The molecule has 0 spiro atoms. The van der Waals surface area contributed by atoms with Crippen LogP contribution in [0.3, 0.4) is 0 Å². The molecule has 1 amide bonds. The summed E-state index contributed by atoms with van der Waals surface area (Å²) in [5.41, 5.74) is 3.16. The van der Waals surface area contributed by atoms with Gasteiger partial charge < -0.3 is 15.0 Å². The first-order valence-electron chi connectivity index (χ1n) is 8.62. The second-order valence-corrected chi connectivity index (χ2v) is 6.52. The first-order chi connectivity index (χ1) is 12.0. The molecule has 0 radical (unpaired) electrons. The maximum Gasteiger partial charge on any atom is 0.274 e. The van der Waals surface area contributed by atoms with Crippen LogP contribution >= 0.6 is 0 Å². The van der Waals surface area contributed by atoms with Crippen LogP contribution in [-0.4, -0.2) is 42.2 Å². The second kappa shape index (κ2) is 7.61. The molecule has 0 saturated carbocycles. The van der Waals surface area contributed by atoms with E-state index in [0.29, 0.717) is 30.8 Å². The average Bonchev–Trinajstić information content (AvgIpc) is 2.62. The van der Waals surface area contributed by atoms with Gasteiger partial charge >= 0.3 is 0 Å². The maximum atomic E-state index is 12.6. The normalized spacial score (nSPS) is 14.6. The number of anilines is 2. The Kier molecular flexibility index (Phi) is 5.28. The van der Waals surface area contributed by atoms with Crippen LogP contribution in [-0.2, 0) is 4.74 Å². The molecule has 25 heavy (non-hydrogen) atoms. The molecule has 0 aliphatic carbocycles. The van der Waals surface area contributed by atoms with Gasteiger partial charge in [-0.05, 0) is 36.6 Å². The fraction of sp³-hybridized carbons (Fsp3) is 0.421. The van der Waals surface area contributed by atoms with Gasteiger partial charge in [-0.25, -0.2) is 9.97 Å². The molecule has 1 fully saturated rings. The van der Waals surface area contributed by atoms with E-state index >= 15 is 0 Å². The second-order valence-electron chi connectivity index (χ2n) is 6.52. The van der Waals surface area contributed by atoms with Crippen LogP contribution < -0.4 is 10.2 Å². The number of benzene rings is 1. The van der Waals surface area contributed by atoms with Gasteiger partial charge in [0.05, 0.1) is 13.2 Å². The Labute approximate surface area is 148 Å². The van der Waals surface area contributed by atoms with Gasteiger partial charge in [-0.15, -0.1) is 0 Å². The van der Waals surface area contributed by atoms with Crippen molar-refractivity contribution in [2.45, 2.75) is 26.7 Å². The minimum absolute atomic E-state index is 0.225. The third-order valence-electron chi connectivity index (χ3n) is 4.20. The minimum atomic E-state index is -0.225. The summed E-state index contributed by atoms with van der Waals surface area (Å²) in [6.07, 6.45) is 0. The molecule has 1 aromatic heterocycles. The lowest BCUT2D eigenvalue weighted by Gasteiger charge is -2.27. The molecule has 1 aliphatic rings. The van der Waals surface area contributed by atoms with Crippen LogP contribution in [0, 0.1) is 6.92 Å². The highest BCUT2D eigenvalue weighted by molar-refractivity contribution is 6.03. The predicted octanol–water partition coefficient (Wildman–Crippen LogP) is 3.00. The van der Waals surface area contributed by atoms with Crippen LogP contribution in [0.25, 0.3) is 0 Å². The van der Waals surface area contributed by atoms with Crippen molar-refractivity contribution in [3.63, 3.8) is 0 Å². The van der Waals surface area contributed by atoms with Crippen molar-refractivity contribution in [3.05, 3.63) is 47.3 Å². The van der Waals surface area contributed by atoms with Crippen LogP contribution in [0.2, 0.25) is 0 Å². The zero-order chi connectivity index (χ0) is 17.8. The number of nitrogens with one attached hydrogen (secondary N) is 1. The first-order valence-corrected chi connectivity index (χ1v) is 8.62. The molecule has 1 saturated heterocycles. The van der Waals surface area contributed by atoms with E-state index in [9.17, 15) is 4.79 Å². The molecule has 6 nitrogen and oxygen atoms in total. The molecule has 1 aliphatic heterocycles. The molecular weight excluding hydrogens is 316 g/mol. The molecule has 3 rings (SSSR count). The molecule has 2 aromatic rings. The quantitative estimate of drug-likeness (QED) is 0.927. The summed E-state index contributed by atoms with van der Waals surface area (Å²) in [5.74, 6) is 0.825. The molecule has 0 bridgehead atoms. The molecule has 0 atom stereocenters. The van der Waals surface area contributed by atoms with E-state index in [-0.39, 0.29) is 5.91 Å². The maximum absolute atomic E-state index is 12.6. The number of carbonyl (C=O) groups excluding carboxylic acids is 1. The zero-order valence-corrected chi connectivity index (χ0v) is 15.0. The van der Waals surface area contributed by atoms with Gasteiger partial charge in [0.25, 0.3) is 5.91 Å². The molecule has 2 heterocycles. The van der Waals surface area contributed by atoms with Crippen molar-refractivity contribution in [1.82, 2.24) is 9.97 Å². The lowest BCUT2D eigenvalue weighted by molar-refractivity contribution is 0.102. The molecular formula is C19H24N4O2. The number of hydrogen-bond donors (Lipinski definition) is 1. The summed E-state index contributed by atoms with van der Waals surface area (Å²) in [5, 5.41) is 2.91. The number of morpholine rings is 1. The molecule has 1 aromatic carbocycles. The van der Waals surface area contributed by atoms with Crippen LogP contribution in [0.4, 0.5) is 11.6 Å². The highest BCUT2D eigenvalue weighted by atomic mass is 16.5. The Hall–Kier alpha value is -2.47. The molecule has 0 unspecified atom stereocenters. The van der Waals surface area contributed by atoms with Crippen molar-refractivity contribution < 1.29 is 9.53 Å². The zero-order valence-electron chi connectivity index (χ0n) is 15.0. The number of rotatable bonds is 4. The largest absolute Gasteiger partial charge is 0.378 e. The predicted molar refractivity (Wildman–Crippen MR) is 98.3 cm³/mol. The summed E-state index contributed by atoms with van der Waals surface area (Å²) in [4.78, 5) is 23.5. The summed E-state index contributed by atoms with van der Waals surface area (Å²) >= 11 is 0. The van der Waals surface area contributed by atoms with E-state index in [1.54, 1.807) is 6.07 Å². The monoisotopic (exact) mass is 340 g/mol. The summed E-state index contributed by atoms with van der Waals surface area (Å²) in [6.45, 7) is 8.94. The Morgan fingerprint density at radius 3 is 2.48 bits per heavy atom. The standard InChI is InChI=1S/C19H24N4O2/c1-13(2)15-4-6-16(7-5-15)21-18(24)17-12-14(3)20-19(22-17)23-8-10-25-11-9-23/h4-7,12-13H,8-11H2,1-3H3,(H,21,24). The van der Waals surface area contributed by atoms with Crippen LogP contribution in [0.5, 0.6) is 0 Å². The van der Waals surface area contributed by atoms with Crippen molar-refractivity contribution in [3.8, 4) is 0 Å². The number of ether oxygens (including phenoxy) is 1. The summed E-state index contributed by atoms with van der Waals surface area (Å²) in [7, 11) is 0. The topological polar surface area (TPSA) is 67.4 Å². The van der Waals surface area contributed by atoms with Gasteiger partial charge in [0, 0.05) is 24.5 Å². The SMILES string of the molecule is Cc1cc(C(=O)Nc2ccc(C(C)C)cc2)nc(N2CCOCC2)n1. The lowest BCUT2D eigenvalue weighted by Crippen LogP contribution is -2.37. The van der Waals surface area contributed by atoms with Gasteiger partial charge in [0.15, 0.2) is 0 Å². The van der Waals surface area contributed by atoms with Crippen molar-refractivity contribution >= 4 is 17.5 Å². The number of amides is 1. The number of aromatic nitrogens is 2. The fourth-order valence-electron chi connectivity index (χ4n) is 2.72. The summed E-state index contributed by atoms with van der Waals surface area (Å²) in [6, 6.07) is 9.62. The number of aryl methyl sites for hydroxylation is 1. The van der Waals surface area contributed by atoms with Gasteiger partial charge in [-0.3, -0.25) is 4.79 Å². The highest BCUT2D eigenvalue weighted by Gasteiger charge is 2.17. The Morgan fingerprint density at radius 1 is 1.16 bits per heavy atom. The van der Waals surface area contributed by atoms with E-state index in [1.807, 2.05) is 36.1 Å². The smallest absolute Gasteiger partial charge is 0.274 e. The molecule has 132 valence electrons. The third kappa shape index (κ3) is 4.33. The molecule has 6 heteroatoms. The lowest BCUT2D eigenvalue weighted by atomic mass is 10.0. The number of hydrogen-bond acceptors (Lipinski definition) is 5. The summed E-state index contributed by atoms with van der Waals surface area (Å²) < 4.78 is 5.36. The number of nitrogens with zero attached hydrogens (tertiary/aromatic N) is 3. The van der Waals surface area contributed by atoms with Crippen molar-refractivity contribution in [2.75, 3.05) is 36.5 Å². The van der Waals surface area contributed by atoms with E-state index in [1.165, 1.54) is 5.56 Å². The van der Waals surface area contributed by atoms with Gasteiger partial charge in [0.2, 0.25) is 5.95 Å². The van der Waals surface area contributed by atoms with Crippen molar-refractivity contribution in [2.24, 2.45) is 0 Å². The van der Waals surface area contributed by atoms with Gasteiger partial charge in [-0.1, -0.05) is 26.0 Å². The third-order valence-corrected chi connectivity index (χ3v) is 4.20. The minimum Gasteiger partial charge on any atom is -0.378 e. The molecule has 1 N–H and O–H groups in total. The van der Waals surface area contributed by atoms with Gasteiger partial charge in [0.1, 0.15) is 5.69 Å². The van der Waals surface area contributed by atoms with E-state index in [4.69, 9.17) is 4.74 Å². The van der Waals surface area contributed by atoms with Crippen LogP contribution in [0.15, 0.2) is 30.3 Å². The Morgan fingerprint density at radius 2 is 1.84 bits per heavy atom. The van der Waals surface area contributed by atoms with Crippen molar-refractivity contribution in [1.29, 1.82) is 0 Å². The van der Waals surface area contributed by atoms with Crippen LogP contribution in [0.1, 0.15) is 41.5 Å². The highest BCUT2D eigenvalue weighted by Crippen LogP contribution is 2.18. The number of carbonyl (C=O) groups is 1. The van der Waals surface area contributed by atoms with E-state index < -0.39 is 0 Å².